The molecule has 1 aliphatic heterocycles. The molecule has 0 aromatic heterocycles. The maximum atomic E-state index is 13.1. The van der Waals surface area contributed by atoms with E-state index in [1.54, 1.807) is 12.1 Å². The number of benzene rings is 2. The van der Waals surface area contributed by atoms with Crippen LogP contribution in [0.5, 0.6) is 0 Å². The maximum Gasteiger partial charge on any atom is 0.243 e. The van der Waals surface area contributed by atoms with Crippen LogP contribution >= 0.6 is 0 Å². The van der Waals surface area contributed by atoms with E-state index in [1.807, 2.05) is 12.1 Å². The molecule has 0 atom stereocenters. The van der Waals surface area contributed by atoms with Gasteiger partial charge < -0.3 is 0 Å². The van der Waals surface area contributed by atoms with Crippen LogP contribution in [0.1, 0.15) is 39.2 Å². The molecule has 8 heteroatoms. The highest BCUT2D eigenvalue weighted by Gasteiger charge is 2.35. The molecule has 0 saturated carbocycles. The van der Waals surface area contributed by atoms with Crippen molar-refractivity contribution in [3.63, 3.8) is 0 Å². The second kappa shape index (κ2) is 7.81. The Hall–Kier alpha value is -1.77. The molecule has 0 bridgehead atoms. The smallest absolute Gasteiger partial charge is 0.223 e. The third-order valence-corrected chi connectivity index (χ3v) is 9.53. The molecule has 3 rings (SSSR count). The first-order valence-electron chi connectivity index (χ1n) is 9.52. The summed E-state index contributed by atoms with van der Waals surface area (Å²) in [6, 6.07) is 11.6. The average Bonchev–Trinajstić information content (AvgIpc) is 2.68. The minimum absolute atomic E-state index is 0.0676. The summed E-state index contributed by atoms with van der Waals surface area (Å²) in [5.74, 6) is -0.498. The fraction of sp³-hybridized carbons (Fsp3) is 0.429. The minimum Gasteiger partial charge on any atom is -0.223 e. The quantitative estimate of drug-likeness (QED) is 0.680. The standard InChI is InChI=1S/C21H26FNO4S2/c1-21(2,3)16-4-8-20(9-5-16)29(26,27)23-14-12-19(13-15-23)28(24,25)18-10-6-17(22)7-11-18/h4-11,19H,12-15H2,1-3H3. The Bertz CT molecular complexity index is 1060. The molecule has 0 unspecified atom stereocenters. The monoisotopic (exact) mass is 439 g/mol. The summed E-state index contributed by atoms with van der Waals surface area (Å²) in [6.45, 7) is 6.44. The number of hydrogen-bond donors (Lipinski definition) is 0. The van der Waals surface area contributed by atoms with Gasteiger partial charge in [0, 0.05) is 13.1 Å². The molecule has 0 aliphatic carbocycles. The van der Waals surface area contributed by atoms with Gasteiger partial charge in [-0.05, 0) is 60.2 Å². The van der Waals surface area contributed by atoms with Crippen molar-refractivity contribution in [1.29, 1.82) is 0 Å². The molecule has 1 fully saturated rings. The average molecular weight is 440 g/mol. The van der Waals surface area contributed by atoms with Crippen LogP contribution in [-0.4, -0.2) is 39.5 Å². The van der Waals surface area contributed by atoms with Crippen molar-refractivity contribution in [2.24, 2.45) is 0 Å². The lowest BCUT2D eigenvalue weighted by molar-refractivity contribution is 0.345. The van der Waals surface area contributed by atoms with Gasteiger partial charge in [0.2, 0.25) is 10.0 Å². The number of hydrogen-bond acceptors (Lipinski definition) is 4. The second-order valence-electron chi connectivity index (χ2n) is 8.38. The Morgan fingerprint density at radius 3 is 1.79 bits per heavy atom. The van der Waals surface area contributed by atoms with Crippen molar-refractivity contribution >= 4 is 19.9 Å². The topological polar surface area (TPSA) is 71.5 Å². The molecule has 0 N–H and O–H groups in total. The van der Waals surface area contributed by atoms with Gasteiger partial charge in [0.05, 0.1) is 15.0 Å². The van der Waals surface area contributed by atoms with E-state index in [0.29, 0.717) is 0 Å². The summed E-state index contributed by atoms with van der Waals surface area (Å²) < 4.78 is 65.9. The van der Waals surface area contributed by atoms with Gasteiger partial charge in [-0.25, -0.2) is 21.2 Å². The molecule has 1 heterocycles. The molecule has 1 aliphatic rings. The van der Waals surface area contributed by atoms with Crippen LogP contribution in [0.15, 0.2) is 58.3 Å². The van der Waals surface area contributed by atoms with Gasteiger partial charge >= 0.3 is 0 Å². The molecule has 2 aromatic rings. The predicted octanol–water partition coefficient (Wildman–Crippen LogP) is 3.75. The number of piperidine rings is 1. The summed E-state index contributed by atoms with van der Waals surface area (Å²) >= 11 is 0. The molecular formula is C21H26FNO4S2. The lowest BCUT2D eigenvalue weighted by atomic mass is 9.87. The highest BCUT2D eigenvalue weighted by atomic mass is 32.2. The van der Waals surface area contributed by atoms with Gasteiger partial charge in [-0.15, -0.1) is 0 Å². The highest BCUT2D eigenvalue weighted by Crippen LogP contribution is 2.29. The van der Waals surface area contributed by atoms with Crippen LogP contribution in [0.2, 0.25) is 0 Å². The van der Waals surface area contributed by atoms with Crippen LogP contribution in [-0.2, 0) is 25.3 Å². The van der Waals surface area contributed by atoms with Gasteiger partial charge in [0.1, 0.15) is 5.82 Å². The normalized spacial score (nSPS) is 17.4. The van der Waals surface area contributed by atoms with Gasteiger partial charge in [-0.1, -0.05) is 32.9 Å². The van der Waals surface area contributed by atoms with Crippen LogP contribution in [0.25, 0.3) is 0 Å². The fourth-order valence-electron chi connectivity index (χ4n) is 3.48. The van der Waals surface area contributed by atoms with E-state index < -0.39 is 30.9 Å². The summed E-state index contributed by atoms with van der Waals surface area (Å²) in [6.07, 6.45) is 0.415. The van der Waals surface area contributed by atoms with E-state index in [2.05, 4.69) is 20.8 Å². The minimum atomic E-state index is -3.67. The van der Waals surface area contributed by atoms with Gasteiger partial charge in [-0.2, -0.15) is 4.31 Å². The predicted molar refractivity (Wildman–Crippen MR) is 111 cm³/mol. The molecule has 0 amide bonds. The number of rotatable bonds is 4. The second-order valence-corrected chi connectivity index (χ2v) is 12.5. The zero-order valence-corrected chi connectivity index (χ0v) is 18.4. The summed E-state index contributed by atoms with van der Waals surface area (Å²) in [7, 11) is -7.30. The number of sulfone groups is 1. The SMILES string of the molecule is CC(C)(C)c1ccc(S(=O)(=O)N2CCC(S(=O)(=O)c3ccc(F)cc3)CC2)cc1. The number of halogens is 1. The van der Waals surface area contributed by atoms with Crippen LogP contribution in [0.4, 0.5) is 4.39 Å². The van der Waals surface area contributed by atoms with E-state index in [1.165, 1.54) is 16.4 Å². The molecule has 0 radical (unpaired) electrons. The molecule has 2 aromatic carbocycles. The van der Waals surface area contributed by atoms with Crippen LogP contribution in [0.3, 0.4) is 0 Å². The maximum absolute atomic E-state index is 13.1. The van der Waals surface area contributed by atoms with Crippen molar-refractivity contribution < 1.29 is 21.2 Å². The Labute approximate surface area is 172 Å². The third kappa shape index (κ3) is 4.54. The summed E-state index contributed by atoms with van der Waals surface area (Å²) in [5, 5.41) is -0.678. The van der Waals surface area contributed by atoms with Crippen molar-refractivity contribution in [3.05, 3.63) is 59.9 Å². The molecule has 29 heavy (non-hydrogen) atoms. The van der Waals surface area contributed by atoms with Gasteiger partial charge in [0.25, 0.3) is 0 Å². The molecular weight excluding hydrogens is 413 g/mol. The molecule has 5 nitrogen and oxygen atoms in total. The molecule has 1 saturated heterocycles. The third-order valence-electron chi connectivity index (χ3n) is 5.34. The first kappa shape index (κ1) is 21.9. The van der Waals surface area contributed by atoms with Crippen LogP contribution in [0, 0.1) is 5.82 Å². The largest absolute Gasteiger partial charge is 0.243 e. The van der Waals surface area contributed by atoms with Crippen molar-refractivity contribution in [3.8, 4) is 0 Å². The Kier molecular flexibility index (Phi) is 5.91. The van der Waals surface area contributed by atoms with E-state index in [9.17, 15) is 21.2 Å². The Balaban J connectivity index is 1.73. The van der Waals surface area contributed by atoms with E-state index in [4.69, 9.17) is 0 Å². The Morgan fingerprint density at radius 2 is 1.31 bits per heavy atom. The Morgan fingerprint density at radius 1 is 0.828 bits per heavy atom. The lowest BCUT2D eigenvalue weighted by Crippen LogP contribution is -2.42. The van der Waals surface area contributed by atoms with E-state index >= 15 is 0 Å². The zero-order valence-electron chi connectivity index (χ0n) is 16.8. The van der Waals surface area contributed by atoms with Gasteiger partial charge in [0.15, 0.2) is 9.84 Å². The molecule has 0 spiro atoms. The van der Waals surface area contributed by atoms with Crippen molar-refractivity contribution in [1.82, 2.24) is 4.31 Å². The summed E-state index contributed by atoms with van der Waals surface area (Å²) in [4.78, 5) is 0.281. The number of sulfonamides is 1. The van der Waals surface area contributed by atoms with Crippen molar-refractivity contribution in [2.45, 2.75) is 54.1 Å². The summed E-state index contributed by atoms with van der Waals surface area (Å²) in [5.41, 5.74) is 0.968. The first-order valence-corrected chi connectivity index (χ1v) is 12.5. The lowest BCUT2D eigenvalue weighted by Gasteiger charge is -2.31. The molecule has 158 valence electrons. The van der Waals surface area contributed by atoms with Crippen molar-refractivity contribution in [2.75, 3.05) is 13.1 Å². The van der Waals surface area contributed by atoms with E-state index in [-0.39, 0.29) is 41.1 Å². The zero-order chi connectivity index (χ0) is 21.4. The van der Waals surface area contributed by atoms with Gasteiger partial charge in [-0.3, -0.25) is 0 Å². The first-order chi connectivity index (χ1) is 13.4. The fourth-order valence-corrected chi connectivity index (χ4v) is 6.68. The number of nitrogens with zero attached hydrogens (tertiary/aromatic N) is 1. The van der Waals surface area contributed by atoms with E-state index in [0.717, 1.165) is 17.7 Å². The highest BCUT2D eigenvalue weighted by molar-refractivity contribution is 7.92. The van der Waals surface area contributed by atoms with Crippen LogP contribution < -0.4 is 0 Å².